The zero-order valence-electron chi connectivity index (χ0n) is 12.9. The normalized spacial score (nSPS) is 32.7. The van der Waals surface area contributed by atoms with Crippen LogP contribution in [-0.2, 0) is 6.42 Å². The van der Waals surface area contributed by atoms with E-state index in [1.54, 1.807) is 6.07 Å². The van der Waals surface area contributed by atoms with E-state index >= 15 is 0 Å². The highest BCUT2D eigenvalue weighted by Crippen LogP contribution is 2.35. The Balaban J connectivity index is 1.65. The summed E-state index contributed by atoms with van der Waals surface area (Å²) >= 11 is 0. The van der Waals surface area contributed by atoms with Gasteiger partial charge in [-0.3, -0.25) is 0 Å². The van der Waals surface area contributed by atoms with Gasteiger partial charge in [-0.25, -0.2) is 0 Å². The van der Waals surface area contributed by atoms with Crippen LogP contribution in [0.5, 0.6) is 5.75 Å². The van der Waals surface area contributed by atoms with E-state index in [2.05, 4.69) is 12.2 Å². The van der Waals surface area contributed by atoms with Gasteiger partial charge < -0.3 is 15.5 Å². The molecule has 3 heteroatoms. The predicted octanol–water partition coefficient (Wildman–Crippen LogP) is 3.30. The van der Waals surface area contributed by atoms with Gasteiger partial charge in [0, 0.05) is 12.6 Å². The fourth-order valence-electron chi connectivity index (χ4n) is 3.79. The fraction of sp³-hybridized carbons (Fsp3) is 0.667. The van der Waals surface area contributed by atoms with Crippen LogP contribution in [0.25, 0.3) is 0 Å². The van der Waals surface area contributed by atoms with Crippen molar-refractivity contribution in [2.75, 3.05) is 6.54 Å². The van der Waals surface area contributed by atoms with Gasteiger partial charge in [0.1, 0.15) is 5.75 Å². The minimum Gasteiger partial charge on any atom is -0.508 e. The number of aryl methyl sites for hydroxylation is 1. The Labute approximate surface area is 127 Å². The van der Waals surface area contributed by atoms with Crippen molar-refractivity contribution in [2.45, 2.75) is 63.5 Å². The lowest BCUT2D eigenvalue weighted by Crippen LogP contribution is -2.44. The highest BCUT2D eigenvalue weighted by Gasteiger charge is 2.32. The van der Waals surface area contributed by atoms with Gasteiger partial charge in [-0.1, -0.05) is 13.0 Å². The minimum atomic E-state index is -0.541. The molecule has 0 saturated heterocycles. The molecule has 1 fully saturated rings. The molecule has 3 N–H and O–H groups in total. The molecule has 1 saturated carbocycles. The van der Waals surface area contributed by atoms with Gasteiger partial charge in [0.05, 0.1) is 5.60 Å². The molecule has 0 heterocycles. The first-order valence-corrected chi connectivity index (χ1v) is 8.33. The second-order valence-electron chi connectivity index (χ2n) is 7.12. The van der Waals surface area contributed by atoms with Gasteiger partial charge in [-0.15, -0.1) is 0 Å². The van der Waals surface area contributed by atoms with E-state index in [1.165, 1.54) is 17.5 Å². The SMILES string of the molecule is CC1CCC(O)(CNC2CCCc3ccc(O)cc32)CC1. The summed E-state index contributed by atoms with van der Waals surface area (Å²) in [5.74, 6) is 1.09. The quantitative estimate of drug-likeness (QED) is 0.800. The topological polar surface area (TPSA) is 52.5 Å². The van der Waals surface area contributed by atoms with Gasteiger partial charge >= 0.3 is 0 Å². The first-order valence-electron chi connectivity index (χ1n) is 8.33. The zero-order valence-corrected chi connectivity index (χ0v) is 12.9. The maximum Gasteiger partial charge on any atom is 0.115 e. The minimum absolute atomic E-state index is 0.268. The molecule has 1 atom stereocenters. The maximum atomic E-state index is 10.7. The van der Waals surface area contributed by atoms with E-state index in [4.69, 9.17) is 0 Å². The Morgan fingerprint density at radius 1 is 1.24 bits per heavy atom. The van der Waals surface area contributed by atoms with Crippen molar-refractivity contribution < 1.29 is 10.2 Å². The summed E-state index contributed by atoms with van der Waals surface area (Å²) in [6.07, 6.45) is 7.41. The van der Waals surface area contributed by atoms with Crippen LogP contribution in [0, 0.1) is 5.92 Å². The van der Waals surface area contributed by atoms with Crippen LogP contribution in [0.2, 0.25) is 0 Å². The Hall–Kier alpha value is -1.06. The average molecular weight is 289 g/mol. The third-order valence-electron chi connectivity index (χ3n) is 5.33. The smallest absolute Gasteiger partial charge is 0.115 e. The Kier molecular flexibility index (Phi) is 4.23. The van der Waals surface area contributed by atoms with Gasteiger partial charge in [0.25, 0.3) is 0 Å². The van der Waals surface area contributed by atoms with Gasteiger partial charge in [0.15, 0.2) is 0 Å². The Bertz CT molecular complexity index is 492. The maximum absolute atomic E-state index is 10.7. The molecule has 3 nitrogen and oxygen atoms in total. The van der Waals surface area contributed by atoms with E-state index in [0.29, 0.717) is 12.3 Å². The summed E-state index contributed by atoms with van der Waals surface area (Å²) in [7, 11) is 0. The highest BCUT2D eigenvalue weighted by molar-refractivity contribution is 5.38. The van der Waals surface area contributed by atoms with Crippen LogP contribution >= 0.6 is 0 Å². The number of rotatable bonds is 3. The van der Waals surface area contributed by atoms with E-state index in [0.717, 1.165) is 44.4 Å². The summed E-state index contributed by atoms with van der Waals surface area (Å²) in [4.78, 5) is 0. The molecule has 0 aromatic heterocycles. The summed E-state index contributed by atoms with van der Waals surface area (Å²) in [5.41, 5.74) is 2.01. The number of nitrogens with one attached hydrogen (secondary N) is 1. The molecule has 0 spiro atoms. The Morgan fingerprint density at radius 3 is 2.76 bits per heavy atom. The molecular formula is C18H27NO2. The van der Waals surface area contributed by atoms with Crippen molar-refractivity contribution in [2.24, 2.45) is 5.92 Å². The monoisotopic (exact) mass is 289 g/mol. The van der Waals surface area contributed by atoms with E-state index in [1.807, 2.05) is 12.1 Å². The van der Waals surface area contributed by atoms with Gasteiger partial charge in [-0.2, -0.15) is 0 Å². The molecule has 1 aromatic rings. The van der Waals surface area contributed by atoms with Crippen LogP contribution in [-0.4, -0.2) is 22.4 Å². The molecule has 0 amide bonds. The van der Waals surface area contributed by atoms with Crippen molar-refractivity contribution in [1.82, 2.24) is 5.32 Å². The average Bonchev–Trinajstić information content (AvgIpc) is 2.49. The number of phenolic OH excluding ortho intramolecular Hbond substituents is 1. The number of hydrogen-bond acceptors (Lipinski definition) is 3. The molecule has 0 aliphatic heterocycles. The van der Waals surface area contributed by atoms with Crippen molar-refractivity contribution in [3.05, 3.63) is 29.3 Å². The molecule has 3 rings (SSSR count). The molecule has 1 unspecified atom stereocenters. The van der Waals surface area contributed by atoms with Crippen molar-refractivity contribution in [3.8, 4) is 5.75 Å². The standard InChI is InChI=1S/C18H27NO2/c1-13-7-9-18(21,10-8-13)12-19-17-4-2-3-14-5-6-15(20)11-16(14)17/h5-6,11,13,17,19-21H,2-4,7-10,12H2,1H3. The van der Waals surface area contributed by atoms with Crippen molar-refractivity contribution in [1.29, 1.82) is 0 Å². The molecule has 2 aliphatic rings. The number of aliphatic hydroxyl groups is 1. The number of aromatic hydroxyl groups is 1. The van der Waals surface area contributed by atoms with Crippen LogP contribution < -0.4 is 5.32 Å². The molecule has 21 heavy (non-hydrogen) atoms. The van der Waals surface area contributed by atoms with Crippen LogP contribution in [0.3, 0.4) is 0 Å². The third-order valence-corrected chi connectivity index (χ3v) is 5.33. The second kappa shape index (κ2) is 5.98. The molecule has 0 radical (unpaired) electrons. The van der Waals surface area contributed by atoms with Crippen LogP contribution in [0.4, 0.5) is 0 Å². The molecule has 116 valence electrons. The fourth-order valence-corrected chi connectivity index (χ4v) is 3.79. The van der Waals surface area contributed by atoms with Gasteiger partial charge in [-0.05, 0) is 74.1 Å². The summed E-state index contributed by atoms with van der Waals surface area (Å²) in [6.45, 7) is 2.94. The molecule has 0 bridgehead atoms. The lowest BCUT2D eigenvalue weighted by atomic mass is 9.79. The molecule has 1 aromatic carbocycles. The number of fused-ring (bicyclic) bond motifs is 1. The molecular weight excluding hydrogens is 262 g/mol. The van der Waals surface area contributed by atoms with Crippen molar-refractivity contribution in [3.63, 3.8) is 0 Å². The third kappa shape index (κ3) is 3.41. The first kappa shape index (κ1) is 14.9. The number of phenols is 1. The largest absolute Gasteiger partial charge is 0.508 e. The summed E-state index contributed by atoms with van der Waals surface area (Å²) in [5, 5.41) is 24.0. The number of benzene rings is 1. The van der Waals surface area contributed by atoms with E-state index in [9.17, 15) is 10.2 Å². The van der Waals surface area contributed by atoms with Crippen molar-refractivity contribution >= 4 is 0 Å². The predicted molar refractivity (Wildman–Crippen MR) is 84.4 cm³/mol. The lowest BCUT2D eigenvalue weighted by molar-refractivity contribution is -0.00860. The number of hydrogen-bond donors (Lipinski definition) is 3. The zero-order chi connectivity index (χ0) is 14.9. The Morgan fingerprint density at radius 2 is 2.00 bits per heavy atom. The summed E-state index contributed by atoms with van der Waals surface area (Å²) < 4.78 is 0. The van der Waals surface area contributed by atoms with Gasteiger partial charge in [0.2, 0.25) is 0 Å². The first-order chi connectivity index (χ1) is 10.1. The lowest BCUT2D eigenvalue weighted by Gasteiger charge is -2.37. The van der Waals surface area contributed by atoms with E-state index < -0.39 is 5.60 Å². The van der Waals surface area contributed by atoms with E-state index in [-0.39, 0.29) is 6.04 Å². The highest BCUT2D eigenvalue weighted by atomic mass is 16.3. The molecule has 2 aliphatic carbocycles. The van der Waals surface area contributed by atoms with Crippen LogP contribution in [0.15, 0.2) is 18.2 Å². The summed E-state index contributed by atoms with van der Waals surface area (Å²) in [6, 6.07) is 5.97. The van der Waals surface area contributed by atoms with Crippen LogP contribution in [0.1, 0.15) is 62.6 Å². The second-order valence-corrected chi connectivity index (χ2v) is 7.12.